The highest BCUT2D eigenvalue weighted by Crippen LogP contribution is 2.56. The van der Waals surface area contributed by atoms with E-state index in [0.717, 1.165) is 19.3 Å². The molecule has 0 heterocycles. The molecule has 2 fully saturated rings. The Morgan fingerprint density at radius 3 is 2.54 bits per heavy atom. The van der Waals surface area contributed by atoms with Crippen molar-refractivity contribution in [1.29, 1.82) is 0 Å². The fraction of sp³-hybridized carbons (Fsp3) is 1.00. The van der Waals surface area contributed by atoms with Gasteiger partial charge in [-0.05, 0) is 44.6 Å². The lowest BCUT2D eigenvalue weighted by molar-refractivity contribution is 0.335. The SMILES string of the molecule is CNS(=O)(=O)C1CCCC2(CC2)C1. The van der Waals surface area contributed by atoms with Crippen LogP contribution in [0.2, 0.25) is 0 Å². The first-order valence-electron chi connectivity index (χ1n) is 5.00. The van der Waals surface area contributed by atoms with E-state index in [1.54, 1.807) is 0 Å². The van der Waals surface area contributed by atoms with Crippen molar-refractivity contribution in [3.05, 3.63) is 0 Å². The van der Waals surface area contributed by atoms with Crippen molar-refractivity contribution >= 4 is 10.0 Å². The van der Waals surface area contributed by atoms with Gasteiger partial charge in [-0.3, -0.25) is 0 Å². The van der Waals surface area contributed by atoms with E-state index in [4.69, 9.17) is 0 Å². The Morgan fingerprint density at radius 1 is 1.31 bits per heavy atom. The third-order valence-electron chi connectivity index (χ3n) is 3.57. The fourth-order valence-electron chi connectivity index (χ4n) is 2.45. The van der Waals surface area contributed by atoms with Crippen molar-refractivity contribution in [1.82, 2.24) is 4.72 Å². The number of rotatable bonds is 2. The quantitative estimate of drug-likeness (QED) is 0.734. The summed E-state index contributed by atoms with van der Waals surface area (Å²) in [6.45, 7) is 0. The molecule has 0 aromatic carbocycles. The molecule has 1 N–H and O–H groups in total. The molecule has 1 spiro atoms. The normalized spacial score (nSPS) is 31.9. The van der Waals surface area contributed by atoms with Crippen molar-refractivity contribution in [3.8, 4) is 0 Å². The molecule has 0 aliphatic heterocycles. The van der Waals surface area contributed by atoms with Crippen LogP contribution >= 0.6 is 0 Å². The predicted molar refractivity (Wildman–Crippen MR) is 51.9 cm³/mol. The van der Waals surface area contributed by atoms with E-state index in [9.17, 15) is 8.42 Å². The Kier molecular flexibility index (Phi) is 2.15. The molecule has 0 aromatic heterocycles. The van der Waals surface area contributed by atoms with E-state index in [2.05, 4.69) is 4.72 Å². The minimum Gasteiger partial charge on any atom is -0.218 e. The first-order chi connectivity index (χ1) is 6.08. The van der Waals surface area contributed by atoms with E-state index in [1.165, 1.54) is 26.3 Å². The van der Waals surface area contributed by atoms with Gasteiger partial charge < -0.3 is 0 Å². The van der Waals surface area contributed by atoms with Crippen LogP contribution in [0.5, 0.6) is 0 Å². The summed E-state index contributed by atoms with van der Waals surface area (Å²) < 4.78 is 25.6. The predicted octanol–water partition coefficient (Wildman–Crippen LogP) is 1.26. The Morgan fingerprint density at radius 2 is 2.00 bits per heavy atom. The molecule has 0 bridgehead atoms. The topological polar surface area (TPSA) is 46.2 Å². The second-order valence-electron chi connectivity index (χ2n) is 4.47. The van der Waals surface area contributed by atoms with Crippen molar-refractivity contribution in [2.45, 2.75) is 43.8 Å². The van der Waals surface area contributed by atoms with Gasteiger partial charge in [0.05, 0.1) is 5.25 Å². The molecule has 2 rings (SSSR count). The maximum atomic E-state index is 11.6. The fourth-order valence-corrected chi connectivity index (χ4v) is 3.84. The summed E-state index contributed by atoms with van der Waals surface area (Å²) in [6, 6.07) is 0. The molecule has 13 heavy (non-hydrogen) atoms. The molecular formula is C9H17NO2S. The number of hydrogen-bond acceptors (Lipinski definition) is 2. The first kappa shape index (κ1) is 9.46. The molecule has 2 aliphatic rings. The maximum absolute atomic E-state index is 11.6. The molecule has 0 amide bonds. The summed E-state index contributed by atoms with van der Waals surface area (Å²) in [7, 11) is -1.48. The standard InChI is InChI=1S/C9H17NO2S/c1-10-13(11,12)8-3-2-4-9(7-8)5-6-9/h8,10H,2-7H2,1H3. The van der Waals surface area contributed by atoms with E-state index < -0.39 is 10.0 Å². The number of hydrogen-bond donors (Lipinski definition) is 1. The van der Waals surface area contributed by atoms with Crippen LogP contribution in [0.3, 0.4) is 0 Å². The van der Waals surface area contributed by atoms with Crippen LogP contribution in [0.4, 0.5) is 0 Å². The highest BCUT2D eigenvalue weighted by atomic mass is 32.2. The first-order valence-corrected chi connectivity index (χ1v) is 6.55. The van der Waals surface area contributed by atoms with E-state index >= 15 is 0 Å². The van der Waals surface area contributed by atoms with Gasteiger partial charge in [-0.2, -0.15) is 0 Å². The maximum Gasteiger partial charge on any atom is 0.214 e. The Bertz CT molecular complexity index is 293. The van der Waals surface area contributed by atoms with Crippen LogP contribution in [0.15, 0.2) is 0 Å². The molecule has 0 aromatic rings. The third-order valence-corrected chi connectivity index (χ3v) is 5.42. The highest BCUT2D eigenvalue weighted by Gasteiger charge is 2.48. The number of nitrogens with one attached hydrogen (secondary N) is 1. The molecule has 1 unspecified atom stereocenters. The Labute approximate surface area is 80.0 Å². The van der Waals surface area contributed by atoms with Crippen LogP contribution in [0.1, 0.15) is 38.5 Å². The zero-order valence-corrected chi connectivity index (χ0v) is 8.86. The minimum absolute atomic E-state index is 0.117. The van der Waals surface area contributed by atoms with Gasteiger partial charge in [-0.1, -0.05) is 6.42 Å². The second-order valence-corrected chi connectivity index (χ2v) is 6.63. The average Bonchev–Trinajstić information content (AvgIpc) is 2.85. The average molecular weight is 203 g/mol. The van der Waals surface area contributed by atoms with Gasteiger partial charge in [0.1, 0.15) is 0 Å². The van der Waals surface area contributed by atoms with Gasteiger partial charge in [0.25, 0.3) is 0 Å². The monoisotopic (exact) mass is 203 g/mol. The van der Waals surface area contributed by atoms with E-state index in [-0.39, 0.29) is 5.25 Å². The van der Waals surface area contributed by atoms with E-state index in [1.807, 2.05) is 0 Å². The zero-order chi connectivity index (χ0) is 9.53. The van der Waals surface area contributed by atoms with E-state index in [0.29, 0.717) is 5.41 Å². The molecule has 0 radical (unpaired) electrons. The molecule has 2 saturated carbocycles. The van der Waals surface area contributed by atoms with Gasteiger partial charge in [-0.25, -0.2) is 13.1 Å². The third kappa shape index (κ3) is 1.74. The summed E-state index contributed by atoms with van der Waals surface area (Å²) in [5.74, 6) is 0. The van der Waals surface area contributed by atoms with Gasteiger partial charge >= 0.3 is 0 Å². The lowest BCUT2D eigenvalue weighted by Gasteiger charge is -2.28. The molecular weight excluding hydrogens is 186 g/mol. The van der Waals surface area contributed by atoms with Crippen LogP contribution in [-0.2, 0) is 10.0 Å². The molecule has 0 saturated heterocycles. The van der Waals surface area contributed by atoms with Gasteiger partial charge in [-0.15, -0.1) is 0 Å². The lowest BCUT2D eigenvalue weighted by atomic mass is 9.86. The molecule has 2 aliphatic carbocycles. The number of sulfonamides is 1. The molecule has 76 valence electrons. The van der Waals surface area contributed by atoms with Gasteiger partial charge in [0, 0.05) is 0 Å². The summed E-state index contributed by atoms with van der Waals surface area (Å²) >= 11 is 0. The van der Waals surface area contributed by atoms with Gasteiger partial charge in [0.15, 0.2) is 0 Å². The second kappa shape index (κ2) is 2.95. The summed E-state index contributed by atoms with van der Waals surface area (Å²) in [6.07, 6.45) is 6.60. The van der Waals surface area contributed by atoms with Crippen molar-refractivity contribution in [3.63, 3.8) is 0 Å². The van der Waals surface area contributed by atoms with Gasteiger partial charge in [0.2, 0.25) is 10.0 Å². The molecule has 4 heteroatoms. The zero-order valence-electron chi connectivity index (χ0n) is 8.04. The van der Waals surface area contributed by atoms with Crippen LogP contribution in [0, 0.1) is 5.41 Å². The lowest BCUT2D eigenvalue weighted by Crippen LogP contribution is -2.36. The van der Waals surface area contributed by atoms with Crippen LogP contribution in [-0.4, -0.2) is 20.7 Å². The van der Waals surface area contributed by atoms with Crippen molar-refractivity contribution in [2.75, 3.05) is 7.05 Å². The minimum atomic E-state index is -3.00. The highest BCUT2D eigenvalue weighted by molar-refractivity contribution is 7.90. The van der Waals surface area contributed by atoms with Crippen molar-refractivity contribution < 1.29 is 8.42 Å². The van der Waals surface area contributed by atoms with Crippen molar-refractivity contribution in [2.24, 2.45) is 5.41 Å². The summed E-state index contributed by atoms with van der Waals surface area (Å²) in [5, 5.41) is -0.117. The summed E-state index contributed by atoms with van der Waals surface area (Å²) in [5.41, 5.74) is 0.437. The summed E-state index contributed by atoms with van der Waals surface area (Å²) in [4.78, 5) is 0. The van der Waals surface area contributed by atoms with Crippen LogP contribution in [0.25, 0.3) is 0 Å². The largest absolute Gasteiger partial charge is 0.218 e. The smallest absolute Gasteiger partial charge is 0.214 e. The molecule has 1 atom stereocenters. The Balaban J connectivity index is 2.08. The van der Waals surface area contributed by atoms with Crippen LogP contribution < -0.4 is 4.72 Å². The molecule has 3 nitrogen and oxygen atoms in total. The Hall–Kier alpha value is -0.0900.